The maximum absolute atomic E-state index is 12.4. The van der Waals surface area contributed by atoms with E-state index >= 15 is 0 Å². The monoisotopic (exact) mass is 339 g/mol. The fourth-order valence-electron chi connectivity index (χ4n) is 2.40. The molecule has 0 unspecified atom stereocenters. The molecule has 0 radical (unpaired) electrons. The molecule has 0 spiro atoms. The van der Waals surface area contributed by atoms with Gasteiger partial charge in [0.25, 0.3) is 5.91 Å². The summed E-state index contributed by atoms with van der Waals surface area (Å²) in [5.41, 5.74) is 1.48. The number of benzene rings is 1. The molecule has 1 aliphatic rings. The number of hydrogen-bond donors (Lipinski definition) is 1. The number of carbonyl (C=O) groups is 2. The van der Waals surface area contributed by atoms with E-state index in [0.717, 1.165) is 5.56 Å². The largest absolute Gasteiger partial charge is 0.352 e. The van der Waals surface area contributed by atoms with E-state index in [1.165, 1.54) is 17.5 Å². The Morgan fingerprint density at radius 3 is 2.13 bits per heavy atom. The lowest BCUT2D eigenvalue weighted by molar-refractivity contribution is -0.119. The van der Waals surface area contributed by atoms with Gasteiger partial charge < -0.3 is 10.2 Å². The summed E-state index contributed by atoms with van der Waals surface area (Å²) in [7, 11) is -3.20. The van der Waals surface area contributed by atoms with Gasteiger partial charge in [-0.1, -0.05) is 12.1 Å². The van der Waals surface area contributed by atoms with Crippen molar-refractivity contribution in [1.82, 2.24) is 14.5 Å². The zero-order chi connectivity index (χ0) is 17.0. The third-order valence-electron chi connectivity index (χ3n) is 3.74. The number of carbonyl (C=O) groups excluding carboxylic acids is 2. The summed E-state index contributed by atoms with van der Waals surface area (Å²) in [6, 6.07) is 7.05. The first-order valence-electron chi connectivity index (χ1n) is 7.35. The summed E-state index contributed by atoms with van der Waals surface area (Å²) in [5, 5.41) is 2.70. The molecule has 2 rings (SSSR count). The van der Waals surface area contributed by atoms with E-state index in [1.807, 2.05) is 0 Å². The van der Waals surface area contributed by atoms with Gasteiger partial charge in [0.15, 0.2) is 0 Å². The molecule has 23 heavy (non-hydrogen) atoms. The summed E-state index contributed by atoms with van der Waals surface area (Å²) in [6.45, 7) is 3.31. The predicted molar refractivity (Wildman–Crippen MR) is 86.3 cm³/mol. The number of rotatable bonds is 4. The van der Waals surface area contributed by atoms with Crippen molar-refractivity contribution in [2.75, 3.05) is 32.4 Å². The first kappa shape index (κ1) is 17.4. The van der Waals surface area contributed by atoms with Gasteiger partial charge in [-0.05, 0) is 17.7 Å². The Labute approximate surface area is 136 Å². The molecular weight excluding hydrogens is 318 g/mol. The average Bonchev–Trinajstić information content (AvgIpc) is 2.52. The Morgan fingerprint density at radius 1 is 1.09 bits per heavy atom. The Hall–Kier alpha value is -1.93. The summed E-state index contributed by atoms with van der Waals surface area (Å²) in [5.74, 6) is -0.210. The lowest BCUT2D eigenvalue weighted by Crippen LogP contribution is -2.50. The number of amides is 2. The van der Waals surface area contributed by atoms with Crippen molar-refractivity contribution in [3.8, 4) is 0 Å². The van der Waals surface area contributed by atoms with Crippen LogP contribution in [0, 0.1) is 0 Å². The molecule has 2 amide bonds. The maximum Gasteiger partial charge on any atom is 0.253 e. The fraction of sp³-hybridized carbons (Fsp3) is 0.467. The highest BCUT2D eigenvalue weighted by Gasteiger charge is 2.26. The summed E-state index contributed by atoms with van der Waals surface area (Å²) in [6.07, 6.45) is 1.18. The molecule has 126 valence electrons. The van der Waals surface area contributed by atoms with Gasteiger partial charge in [0, 0.05) is 45.2 Å². The molecule has 0 atom stereocenters. The zero-order valence-corrected chi connectivity index (χ0v) is 14.1. The van der Waals surface area contributed by atoms with E-state index in [1.54, 1.807) is 29.2 Å². The van der Waals surface area contributed by atoms with E-state index < -0.39 is 10.0 Å². The average molecular weight is 339 g/mol. The van der Waals surface area contributed by atoms with Gasteiger partial charge in [0.05, 0.1) is 6.26 Å². The minimum Gasteiger partial charge on any atom is -0.352 e. The van der Waals surface area contributed by atoms with E-state index in [0.29, 0.717) is 38.3 Å². The minimum atomic E-state index is -3.20. The summed E-state index contributed by atoms with van der Waals surface area (Å²) < 4.78 is 24.3. The zero-order valence-electron chi connectivity index (χ0n) is 13.3. The number of nitrogens with one attached hydrogen (secondary N) is 1. The first-order valence-corrected chi connectivity index (χ1v) is 9.20. The van der Waals surface area contributed by atoms with Crippen LogP contribution in [-0.2, 0) is 21.4 Å². The van der Waals surface area contributed by atoms with Gasteiger partial charge in [-0.25, -0.2) is 8.42 Å². The molecule has 7 nitrogen and oxygen atoms in total. The third kappa shape index (κ3) is 4.77. The van der Waals surface area contributed by atoms with Crippen molar-refractivity contribution < 1.29 is 18.0 Å². The smallest absolute Gasteiger partial charge is 0.253 e. The van der Waals surface area contributed by atoms with Crippen LogP contribution in [-0.4, -0.2) is 61.9 Å². The highest BCUT2D eigenvalue weighted by Crippen LogP contribution is 2.12. The van der Waals surface area contributed by atoms with E-state index in [9.17, 15) is 18.0 Å². The molecule has 1 aliphatic heterocycles. The number of nitrogens with zero attached hydrogens (tertiary/aromatic N) is 2. The number of piperazine rings is 1. The normalized spacial score (nSPS) is 16.2. The molecular formula is C15H21N3O4S. The quantitative estimate of drug-likeness (QED) is 0.839. The van der Waals surface area contributed by atoms with Crippen molar-refractivity contribution in [1.29, 1.82) is 0 Å². The molecule has 0 aliphatic carbocycles. The van der Waals surface area contributed by atoms with Crippen LogP contribution >= 0.6 is 0 Å². The second-order valence-corrected chi connectivity index (χ2v) is 7.54. The topological polar surface area (TPSA) is 86.8 Å². The predicted octanol–water partition coefficient (Wildman–Crippen LogP) is 0.0401. The second-order valence-electron chi connectivity index (χ2n) is 5.56. The summed E-state index contributed by atoms with van der Waals surface area (Å²) >= 11 is 0. The molecule has 0 bridgehead atoms. The van der Waals surface area contributed by atoms with Crippen LogP contribution in [0.5, 0.6) is 0 Å². The fourth-order valence-corrected chi connectivity index (χ4v) is 3.22. The molecule has 8 heteroatoms. The van der Waals surface area contributed by atoms with Gasteiger partial charge >= 0.3 is 0 Å². The second kappa shape index (κ2) is 7.10. The molecule has 1 heterocycles. The third-order valence-corrected chi connectivity index (χ3v) is 5.04. The van der Waals surface area contributed by atoms with E-state index in [-0.39, 0.29) is 11.8 Å². The van der Waals surface area contributed by atoms with Gasteiger partial charge in [-0.3, -0.25) is 9.59 Å². The van der Waals surface area contributed by atoms with Crippen LogP contribution in [0.2, 0.25) is 0 Å². The highest BCUT2D eigenvalue weighted by molar-refractivity contribution is 7.88. The molecule has 1 aromatic carbocycles. The van der Waals surface area contributed by atoms with Gasteiger partial charge in [0.2, 0.25) is 15.9 Å². The van der Waals surface area contributed by atoms with Crippen LogP contribution in [0.25, 0.3) is 0 Å². The molecule has 1 aromatic rings. The molecule has 1 N–H and O–H groups in total. The lowest BCUT2D eigenvalue weighted by atomic mass is 10.1. The van der Waals surface area contributed by atoms with Gasteiger partial charge in [-0.2, -0.15) is 4.31 Å². The summed E-state index contributed by atoms with van der Waals surface area (Å²) in [4.78, 5) is 25.0. The van der Waals surface area contributed by atoms with Gasteiger partial charge in [0.1, 0.15) is 0 Å². The molecule has 0 saturated carbocycles. The first-order chi connectivity index (χ1) is 10.8. The molecule has 1 saturated heterocycles. The van der Waals surface area contributed by atoms with Crippen LogP contribution in [0.4, 0.5) is 0 Å². The number of sulfonamides is 1. The minimum absolute atomic E-state index is 0.103. The Morgan fingerprint density at radius 2 is 1.65 bits per heavy atom. The molecule has 1 fully saturated rings. The standard InChI is InChI=1S/C15H21N3O4S/c1-12(19)16-11-13-3-5-14(6-4-13)15(20)17-7-9-18(10-8-17)23(2,21)22/h3-6H,7-11H2,1-2H3,(H,16,19). The Bertz CT molecular complexity index is 677. The SMILES string of the molecule is CC(=O)NCc1ccc(C(=O)N2CCN(S(C)(=O)=O)CC2)cc1. The highest BCUT2D eigenvalue weighted by atomic mass is 32.2. The van der Waals surface area contributed by atoms with Gasteiger partial charge in [-0.15, -0.1) is 0 Å². The van der Waals surface area contributed by atoms with Crippen LogP contribution in [0.15, 0.2) is 24.3 Å². The van der Waals surface area contributed by atoms with E-state index in [4.69, 9.17) is 0 Å². The lowest BCUT2D eigenvalue weighted by Gasteiger charge is -2.33. The van der Waals surface area contributed by atoms with Crippen molar-refractivity contribution >= 4 is 21.8 Å². The molecule has 0 aromatic heterocycles. The Balaban J connectivity index is 1.95. The van der Waals surface area contributed by atoms with Crippen LogP contribution in [0.3, 0.4) is 0 Å². The van der Waals surface area contributed by atoms with Crippen molar-refractivity contribution in [3.05, 3.63) is 35.4 Å². The number of hydrogen-bond acceptors (Lipinski definition) is 4. The van der Waals surface area contributed by atoms with Crippen molar-refractivity contribution in [2.24, 2.45) is 0 Å². The maximum atomic E-state index is 12.4. The van der Waals surface area contributed by atoms with Crippen LogP contribution in [0.1, 0.15) is 22.8 Å². The Kier molecular flexibility index (Phi) is 5.38. The van der Waals surface area contributed by atoms with Crippen LogP contribution < -0.4 is 5.32 Å². The van der Waals surface area contributed by atoms with Crippen molar-refractivity contribution in [2.45, 2.75) is 13.5 Å². The van der Waals surface area contributed by atoms with E-state index in [2.05, 4.69) is 5.32 Å². The van der Waals surface area contributed by atoms with Crippen molar-refractivity contribution in [3.63, 3.8) is 0 Å².